The molecule has 0 radical (unpaired) electrons. The van der Waals surface area contributed by atoms with Crippen molar-refractivity contribution < 1.29 is 0 Å². The molecular formula is C46H32N2. The summed E-state index contributed by atoms with van der Waals surface area (Å²) < 4.78 is 4.84. The zero-order valence-electron chi connectivity index (χ0n) is 26.4. The van der Waals surface area contributed by atoms with Gasteiger partial charge < -0.3 is 9.13 Å². The van der Waals surface area contributed by atoms with Crippen LogP contribution in [-0.2, 0) is 0 Å². The van der Waals surface area contributed by atoms with Crippen molar-refractivity contribution in [1.29, 1.82) is 0 Å². The van der Waals surface area contributed by atoms with Crippen molar-refractivity contribution in [3.63, 3.8) is 0 Å². The average molecular weight is 613 g/mol. The van der Waals surface area contributed by atoms with Crippen LogP contribution in [0.1, 0.15) is 5.56 Å². The second kappa shape index (κ2) is 9.82. The number of aromatic nitrogens is 2. The second-order valence-corrected chi connectivity index (χ2v) is 13.7. The summed E-state index contributed by atoms with van der Waals surface area (Å²) in [5.41, 5.74) is 12.7. The standard InChI is InChI=1S/C46H32N2/c1-2-10-33(11-3-1)47-42-15-6-4-13-35(42)40-27-30(19-23-44(40)47)31-20-24-45-41(28-31)36-14-5-7-16-43(36)48(45)34-12-8-9-32(26-34)39-25-29-17-21-37-38(22-18-29)46(37)39/h1-29,37-38,46H. The van der Waals surface area contributed by atoms with Crippen molar-refractivity contribution in [1.82, 2.24) is 9.13 Å². The number of hydrogen-bond acceptors (Lipinski definition) is 0. The Morgan fingerprint density at radius 1 is 0.375 bits per heavy atom. The lowest BCUT2D eigenvalue weighted by Gasteiger charge is -2.13. The maximum Gasteiger partial charge on any atom is 0.0541 e. The third-order valence-electron chi connectivity index (χ3n) is 11.1. The second-order valence-electron chi connectivity index (χ2n) is 13.7. The van der Waals surface area contributed by atoms with Gasteiger partial charge in [-0.25, -0.2) is 0 Å². The van der Waals surface area contributed by atoms with E-state index in [0.717, 1.165) is 0 Å². The SMILES string of the molecule is C1=CC2C3C=CC1C=C(c1cccc(-n4c5ccccc5c5cc(-c6ccc7c(c6)c6ccccc6n7-c6ccccc6)ccc54)c1)C23. The van der Waals surface area contributed by atoms with Crippen molar-refractivity contribution in [2.24, 2.45) is 23.7 Å². The molecule has 0 spiro atoms. The third kappa shape index (κ3) is 3.74. The highest BCUT2D eigenvalue weighted by atomic mass is 15.0. The number of benzene rings is 6. The van der Waals surface area contributed by atoms with Crippen LogP contribution in [0.15, 0.2) is 170 Å². The number of rotatable bonds is 4. The molecule has 2 heterocycles. The molecule has 2 atom stereocenters. The fourth-order valence-corrected chi connectivity index (χ4v) is 8.83. The molecule has 1 fully saturated rings. The number of nitrogens with zero attached hydrogens (tertiary/aromatic N) is 2. The minimum atomic E-state index is 0.407. The van der Waals surface area contributed by atoms with E-state index in [9.17, 15) is 0 Å². The lowest BCUT2D eigenvalue weighted by atomic mass is 9.97. The first kappa shape index (κ1) is 26.2. The van der Waals surface area contributed by atoms with Crippen molar-refractivity contribution in [2.75, 3.05) is 0 Å². The van der Waals surface area contributed by atoms with E-state index in [4.69, 9.17) is 0 Å². The van der Waals surface area contributed by atoms with Gasteiger partial charge in [0, 0.05) is 38.8 Å². The van der Waals surface area contributed by atoms with Gasteiger partial charge in [0.25, 0.3) is 0 Å². The molecule has 226 valence electrons. The van der Waals surface area contributed by atoms with Crippen molar-refractivity contribution in [3.8, 4) is 22.5 Å². The lowest BCUT2D eigenvalue weighted by molar-refractivity contribution is 1.00. The van der Waals surface area contributed by atoms with Gasteiger partial charge in [-0.3, -0.25) is 0 Å². The largest absolute Gasteiger partial charge is 0.309 e. The van der Waals surface area contributed by atoms with Gasteiger partial charge in [0.15, 0.2) is 0 Å². The van der Waals surface area contributed by atoms with Crippen LogP contribution in [0.5, 0.6) is 0 Å². The summed E-state index contributed by atoms with van der Waals surface area (Å²) in [6, 6.07) is 51.5. The highest BCUT2D eigenvalue weighted by Crippen LogP contribution is 2.59. The number of para-hydroxylation sites is 3. The molecule has 48 heavy (non-hydrogen) atoms. The molecule has 0 N–H and O–H groups in total. The molecule has 2 nitrogen and oxygen atoms in total. The number of allylic oxidation sites excluding steroid dienone is 6. The van der Waals surface area contributed by atoms with Gasteiger partial charge in [-0.1, -0.05) is 109 Å². The highest BCUT2D eigenvalue weighted by molar-refractivity contribution is 6.12. The molecule has 0 saturated heterocycles. The van der Waals surface area contributed by atoms with E-state index in [2.05, 4.69) is 179 Å². The van der Waals surface area contributed by atoms with E-state index < -0.39 is 0 Å². The Labute approximate surface area is 279 Å². The van der Waals surface area contributed by atoms with E-state index in [1.54, 1.807) is 0 Å². The molecule has 4 aliphatic carbocycles. The summed E-state index contributed by atoms with van der Waals surface area (Å²) >= 11 is 0. The fraction of sp³-hybridized carbons (Fsp3) is 0.0870. The van der Waals surface area contributed by atoms with Gasteiger partial charge in [0.1, 0.15) is 0 Å². The smallest absolute Gasteiger partial charge is 0.0541 e. The van der Waals surface area contributed by atoms with Gasteiger partial charge in [0.2, 0.25) is 0 Å². The summed E-state index contributed by atoms with van der Waals surface area (Å²) in [6.45, 7) is 0. The summed E-state index contributed by atoms with van der Waals surface area (Å²) in [5, 5.41) is 5.11. The Balaban J connectivity index is 1.06. The monoisotopic (exact) mass is 612 g/mol. The predicted octanol–water partition coefficient (Wildman–Crippen LogP) is 11.5. The summed E-state index contributed by atoms with van der Waals surface area (Å²) in [6.07, 6.45) is 12.2. The summed E-state index contributed by atoms with van der Waals surface area (Å²) in [4.78, 5) is 0. The molecular weight excluding hydrogens is 581 g/mol. The molecule has 0 amide bonds. The number of hydrogen-bond donors (Lipinski definition) is 0. The van der Waals surface area contributed by atoms with E-state index in [1.807, 2.05) is 0 Å². The average Bonchev–Trinajstić information content (AvgIpc) is 3.78. The van der Waals surface area contributed by atoms with Crippen LogP contribution >= 0.6 is 0 Å². The van der Waals surface area contributed by atoms with E-state index in [0.29, 0.717) is 23.7 Å². The van der Waals surface area contributed by atoms with Gasteiger partial charge in [-0.2, -0.15) is 0 Å². The van der Waals surface area contributed by atoms with Crippen LogP contribution in [0.4, 0.5) is 0 Å². The zero-order chi connectivity index (χ0) is 31.3. The minimum absolute atomic E-state index is 0.407. The van der Waals surface area contributed by atoms with Crippen molar-refractivity contribution in [3.05, 3.63) is 175 Å². The summed E-state index contributed by atoms with van der Waals surface area (Å²) in [5.74, 6) is 2.33. The van der Waals surface area contributed by atoms with E-state index in [-0.39, 0.29) is 0 Å². The Morgan fingerprint density at radius 2 is 0.917 bits per heavy atom. The first-order chi connectivity index (χ1) is 23.8. The topological polar surface area (TPSA) is 9.86 Å². The minimum Gasteiger partial charge on any atom is -0.309 e. The first-order valence-corrected chi connectivity index (χ1v) is 17.1. The fourth-order valence-electron chi connectivity index (χ4n) is 8.83. The van der Waals surface area contributed by atoms with Gasteiger partial charge in [-0.05, 0) is 101 Å². The van der Waals surface area contributed by atoms with Gasteiger partial charge >= 0.3 is 0 Å². The molecule has 4 aliphatic rings. The molecule has 2 heteroatoms. The molecule has 0 aliphatic heterocycles. The third-order valence-corrected chi connectivity index (χ3v) is 11.1. The highest BCUT2D eigenvalue weighted by Gasteiger charge is 2.51. The molecule has 6 aromatic carbocycles. The van der Waals surface area contributed by atoms with Crippen LogP contribution in [0.3, 0.4) is 0 Å². The molecule has 2 unspecified atom stereocenters. The van der Waals surface area contributed by atoms with Gasteiger partial charge in [-0.15, -0.1) is 0 Å². The van der Waals surface area contributed by atoms with Crippen LogP contribution in [-0.4, -0.2) is 9.13 Å². The van der Waals surface area contributed by atoms with Crippen molar-refractivity contribution >= 4 is 49.2 Å². The van der Waals surface area contributed by atoms with E-state index in [1.165, 1.54) is 77.2 Å². The van der Waals surface area contributed by atoms with Crippen LogP contribution in [0, 0.1) is 23.7 Å². The first-order valence-electron chi connectivity index (χ1n) is 17.1. The van der Waals surface area contributed by atoms with Crippen LogP contribution in [0.2, 0.25) is 0 Å². The quantitative estimate of drug-likeness (QED) is 0.175. The normalized spacial score (nSPS) is 20.9. The Bertz CT molecular complexity index is 2680. The Hall–Kier alpha value is -5.86. The molecule has 1 saturated carbocycles. The molecule has 8 aromatic rings. The number of fused-ring (bicyclic) bond motifs is 6. The maximum absolute atomic E-state index is 2.50. The molecule has 4 bridgehead atoms. The Morgan fingerprint density at radius 3 is 1.56 bits per heavy atom. The Kier molecular flexibility index (Phi) is 5.37. The van der Waals surface area contributed by atoms with Crippen LogP contribution in [0.25, 0.3) is 71.7 Å². The summed E-state index contributed by atoms with van der Waals surface area (Å²) in [7, 11) is 0. The predicted molar refractivity (Wildman–Crippen MR) is 201 cm³/mol. The molecule has 12 rings (SSSR count). The zero-order valence-corrected chi connectivity index (χ0v) is 26.4. The molecule has 2 aromatic heterocycles. The lowest BCUT2D eigenvalue weighted by Crippen LogP contribution is -1.97. The van der Waals surface area contributed by atoms with E-state index >= 15 is 0 Å². The van der Waals surface area contributed by atoms with Crippen molar-refractivity contribution in [2.45, 2.75) is 0 Å². The van der Waals surface area contributed by atoms with Gasteiger partial charge in [0.05, 0.1) is 22.1 Å². The van der Waals surface area contributed by atoms with Crippen LogP contribution < -0.4 is 0 Å². The maximum atomic E-state index is 2.50.